The van der Waals surface area contributed by atoms with Gasteiger partial charge < -0.3 is 10.6 Å². The Hall–Kier alpha value is -0.340. The maximum Gasteiger partial charge on any atom is 0.0229 e. The van der Waals surface area contributed by atoms with E-state index in [4.69, 9.17) is 5.73 Å². The summed E-state index contributed by atoms with van der Waals surface area (Å²) in [7, 11) is 2.21. The van der Waals surface area contributed by atoms with Crippen molar-refractivity contribution in [1.29, 1.82) is 0 Å². The third kappa shape index (κ3) is 2.82. The Balaban J connectivity index is 2.41. The third-order valence-electron chi connectivity index (χ3n) is 3.61. The molecule has 0 saturated carbocycles. The zero-order valence-corrected chi connectivity index (χ0v) is 9.96. The molecule has 0 fully saturated rings. The van der Waals surface area contributed by atoms with Crippen LogP contribution in [-0.4, -0.2) is 30.1 Å². The number of hydrogen-bond acceptors (Lipinski definition) is 2. The third-order valence-corrected chi connectivity index (χ3v) is 3.61. The van der Waals surface area contributed by atoms with Gasteiger partial charge in [0, 0.05) is 18.1 Å². The molecule has 0 aromatic rings. The fraction of sp³-hybridized carbons (Fsp3) is 0.833. The molecule has 2 nitrogen and oxygen atoms in total. The normalized spacial score (nSPS) is 27.6. The van der Waals surface area contributed by atoms with E-state index in [1.165, 1.54) is 6.42 Å². The minimum Gasteiger partial charge on any atom is -0.324 e. The average Bonchev–Trinajstić information content (AvgIpc) is 2.51. The SMILES string of the molecule is CCC(C)(C)N(C)CC1C=CC(N)C1. The molecule has 0 aromatic heterocycles. The highest BCUT2D eigenvalue weighted by Crippen LogP contribution is 2.22. The summed E-state index contributed by atoms with van der Waals surface area (Å²) in [6.45, 7) is 7.97. The van der Waals surface area contributed by atoms with Crippen molar-refractivity contribution in [1.82, 2.24) is 4.90 Å². The molecule has 0 heterocycles. The summed E-state index contributed by atoms with van der Waals surface area (Å²) < 4.78 is 0. The highest BCUT2D eigenvalue weighted by atomic mass is 15.2. The van der Waals surface area contributed by atoms with Crippen LogP contribution in [0, 0.1) is 5.92 Å². The summed E-state index contributed by atoms with van der Waals surface area (Å²) in [4.78, 5) is 2.44. The fourth-order valence-electron chi connectivity index (χ4n) is 1.81. The van der Waals surface area contributed by atoms with Gasteiger partial charge in [-0.1, -0.05) is 19.1 Å². The van der Waals surface area contributed by atoms with Gasteiger partial charge in [-0.2, -0.15) is 0 Å². The zero-order valence-electron chi connectivity index (χ0n) is 9.96. The molecule has 14 heavy (non-hydrogen) atoms. The van der Waals surface area contributed by atoms with E-state index in [1.54, 1.807) is 0 Å². The summed E-state index contributed by atoms with van der Waals surface area (Å²) in [5, 5.41) is 0. The Morgan fingerprint density at radius 3 is 2.50 bits per heavy atom. The lowest BCUT2D eigenvalue weighted by molar-refractivity contribution is 0.136. The maximum absolute atomic E-state index is 5.84. The minimum atomic E-state index is 0.290. The lowest BCUT2D eigenvalue weighted by atomic mass is 9.97. The van der Waals surface area contributed by atoms with Gasteiger partial charge in [0.15, 0.2) is 0 Å². The van der Waals surface area contributed by atoms with Crippen molar-refractivity contribution < 1.29 is 0 Å². The van der Waals surface area contributed by atoms with Crippen molar-refractivity contribution in [3.05, 3.63) is 12.2 Å². The first-order valence-corrected chi connectivity index (χ1v) is 5.61. The van der Waals surface area contributed by atoms with E-state index in [0.717, 1.165) is 13.0 Å². The number of hydrogen-bond donors (Lipinski definition) is 1. The van der Waals surface area contributed by atoms with Crippen molar-refractivity contribution in [2.24, 2.45) is 11.7 Å². The lowest BCUT2D eigenvalue weighted by Crippen LogP contribution is -2.42. The highest BCUT2D eigenvalue weighted by Gasteiger charge is 2.25. The Morgan fingerprint density at radius 2 is 2.07 bits per heavy atom. The summed E-state index contributed by atoms with van der Waals surface area (Å²) in [6.07, 6.45) is 6.71. The number of nitrogens with zero attached hydrogens (tertiary/aromatic N) is 1. The molecule has 2 N–H and O–H groups in total. The van der Waals surface area contributed by atoms with Crippen LogP contribution in [0.5, 0.6) is 0 Å². The molecule has 0 radical (unpaired) electrons. The summed E-state index contributed by atoms with van der Waals surface area (Å²) >= 11 is 0. The van der Waals surface area contributed by atoms with Gasteiger partial charge >= 0.3 is 0 Å². The van der Waals surface area contributed by atoms with Crippen LogP contribution in [0.1, 0.15) is 33.6 Å². The van der Waals surface area contributed by atoms with Gasteiger partial charge in [-0.15, -0.1) is 0 Å². The smallest absolute Gasteiger partial charge is 0.0229 e. The predicted molar refractivity (Wildman–Crippen MR) is 62.2 cm³/mol. The van der Waals surface area contributed by atoms with Crippen molar-refractivity contribution in [2.45, 2.75) is 45.2 Å². The second-order valence-corrected chi connectivity index (χ2v) is 5.09. The molecule has 0 amide bonds. The molecule has 2 heteroatoms. The van der Waals surface area contributed by atoms with Crippen LogP contribution in [0.3, 0.4) is 0 Å². The van der Waals surface area contributed by atoms with Gasteiger partial charge in [0.1, 0.15) is 0 Å². The summed E-state index contributed by atoms with van der Waals surface area (Å²) in [5.74, 6) is 0.654. The van der Waals surface area contributed by atoms with Crippen LogP contribution in [0.15, 0.2) is 12.2 Å². The Kier molecular flexibility index (Phi) is 3.73. The van der Waals surface area contributed by atoms with Crippen LogP contribution in [0.4, 0.5) is 0 Å². The zero-order chi connectivity index (χ0) is 10.8. The molecule has 0 saturated heterocycles. The van der Waals surface area contributed by atoms with E-state index in [0.29, 0.717) is 11.5 Å². The molecule has 0 spiro atoms. The molecule has 82 valence electrons. The van der Waals surface area contributed by atoms with E-state index >= 15 is 0 Å². The molecular formula is C12H24N2. The second kappa shape index (κ2) is 4.45. The van der Waals surface area contributed by atoms with Gasteiger partial charge in [-0.25, -0.2) is 0 Å². The van der Waals surface area contributed by atoms with Crippen LogP contribution in [0.25, 0.3) is 0 Å². The molecule has 0 aliphatic heterocycles. The van der Waals surface area contributed by atoms with Gasteiger partial charge in [0.2, 0.25) is 0 Å². The van der Waals surface area contributed by atoms with Gasteiger partial charge in [0.05, 0.1) is 0 Å². The number of rotatable bonds is 4. The van der Waals surface area contributed by atoms with Crippen LogP contribution < -0.4 is 5.73 Å². The number of nitrogens with two attached hydrogens (primary N) is 1. The molecule has 2 atom stereocenters. The Labute approximate surface area is 88.2 Å². The molecule has 0 bridgehead atoms. The van der Waals surface area contributed by atoms with Crippen molar-refractivity contribution in [2.75, 3.05) is 13.6 Å². The van der Waals surface area contributed by atoms with Crippen LogP contribution >= 0.6 is 0 Å². The highest BCUT2D eigenvalue weighted by molar-refractivity contribution is 5.05. The monoisotopic (exact) mass is 196 g/mol. The Morgan fingerprint density at radius 1 is 1.43 bits per heavy atom. The second-order valence-electron chi connectivity index (χ2n) is 5.09. The van der Waals surface area contributed by atoms with Crippen molar-refractivity contribution >= 4 is 0 Å². The van der Waals surface area contributed by atoms with E-state index in [2.05, 4.69) is 44.9 Å². The van der Waals surface area contributed by atoms with E-state index in [1.807, 2.05) is 0 Å². The quantitative estimate of drug-likeness (QED) is 0.697. The summed E-state index contributed by atoms with van der Waals surface area (Å²) in [5.41, 5.74) is 6.14. The molecule has 1 aliphatic rings. The average molecular weight is 196 g/mol. The van der Waals surface area contributed by atoms with Gasteiger partial charge in [-0.05, 0) is 39.7 Å². The molecule has 1 aliphatic carbocycles. The predicted octanol–water partition coefficient (Wildman–Crippen LogP) is 2.01. The molecular weight excluding hydrogens is 172 g/mol. The van der Waals surface area contributed by atoms with Gasteiger partial charge in [-0.3, -0.25) is 0 Å². The fourth-order valence-corrected chi connectivity index (χ4v) is 1.81. The van der Waals surface area contributed by atoms with Crippen molar-refractivity contribution in [3.63, 3.8) is 0 Å². The van der Waals surface area contributed by atoms with E-state index in [-0.39, 0.29) is 6.04 Å². The lowest BCUT2D eigenvalue weighted by Gasteiger charge is -2.36. The first-order valence-electron chi connectivity index (χ1n) is 5.61. The van der Waals surface area contributed by atoms with Crippen LogP contribution in [-0.2, 0) is 0 Å². The maximum atomic E-state index is 5.84. The molecule has 2 unspecified atom stereocenters. The van der Waals surface area contributed by atoms with Crippen molar-refractivity contribution in [3.8, 4) is 0 Å². The van der Waals surface area contributed by atoms with Crippen LogP contribution in [0.2, 0.25) is 0 Å². The first-order chi connectivity index (χ1) is 6.45. The van der Waals surface area contributed by atoms with E-state index in [9.17, 15) is 0 Å². The molecule has 1 rings (SSSR count). The van der Waals surface area contributed by atoms with Gasteiger partial charge in [0.25, 0.3) is 0 Å². The Bertz CT molecular complexity index is 208. The topological polar surface area (TPSA) is 29.3 Å². The largest absolute Gasteiger partial charge is 0.324 e. The molecule has 0 aromatic carbocycles. The summed E-state index contributed by atoms with van der Waals surface area (Å²) in [6, 6.07) is 0.290. The first kappa shape index (κ1) is 11.7. The van der Waals surface area contributed by atoms with E-state index < -0.39 is 0 Å². The standard InChI is InChI=1S/C12H24N2/c1-5-12(2,3)14(4)9-10-6-7-11(13)8-10/h6-7,10-11H,5,8-9,13H2,1-4H3. The minimum absolute atomic E-state index is 0.290.